The third-order valence-corrected chi connectivity index (χ3v) is 4.44. The third-order valence-electron chi connectivity index (χ3n) is 4.44. The van der Waals surface area contributed by atoms with Gasteiger partial charge in [-0.05, 0) is 31.0 Å². The molecular formula is C17H19N5O2. The summed E-state index contributed by atoms with van der Waals surface area (Å²) in [4.78, 5) is 18.9. The molecule has 0 unspecified atom stereocenters. The summed E-state index contributed by atoms with van der Waals surface area (Å²) in [5.41, 5.74) is 2.26. The van der Waals surface area contributed by atoms with Crippen LogP contribution in [0.15, 0.2) is 40.9 Å². The second-order valence-corrected chi connectivity index (χ2v) is 6.04. The van der Waals surface area contributed by atoms with Gasteiger partial charge < -0.3 is 14.6 Å². The minimum absolute atomic E-state index is 0.0738. The van der Waals surface area contributed by atoms with Crippen LogP contribution in [0.2, 0.25) is 0 Å². The van der Waals surface area contributed by atoms with Crippen molar-refractivity contribution < 1.29 is 9.21 Å². The maximum atomic E-state index is 12.2. The number of para-hydroxylation sites is 2. The Bertz CT molecular complexity index is 828. The number of carbonyl (C=O) groups is 1. The van der Waals surface area contributed by atoms with E-state index in [4.69, 9.17) is 4.42 Å². The Morgan fingerprint density at radius 2 is 2.04 bits per heavy atom. The Balaban J connectivity index is 1.38. The van der Waals surface area contributed by atoms with Crippen LogP contribution in [-0.4, -0.2) is 39.8 Å². The Morgan fingerprint density at radius 3 is 2.75 bits per heavy atom. The minimum atomic E-state index is -0.0738. The molecule has 0 radical (unpaired) electrons. The molecule has 3 heterocycles. The number of carbonyl (C=O) groups excluding carboxylic acids is 1. The molecule has 1 aliphatic heterocycles. The van der Waals surface area contributed by atoms with Crippen molar-refractivity contribution in [3.8, 4) is 0 Å². The molecule has 0 aliphatic carbocycles. The van der Waals surface area contributed by atoms with E-state index in [1.54, 1.807) is 24.0 Å². The van der Waals surface area contributed by atoms with Crippen LogP contribution in [0.1, 0.15) is 23.3 Å². The number of aryl methyl sites for hydroxylation is 1. The molecule has 0 saturated carbocycles. The highest BCUT2D eigenvalue weighted by Crippen LogP contribution is 2.24. The fourth-order valence-electron chi connectivity index (χ4n) is 3.07. The summed E-state index contributed by atoms with van der Waals surface area (Å²) in [5, 5.41) is 7.11. The van der Waals surface area contributed by atoms with E-state index in [9.17, 15) is 4.79 Å². The number of oxazole rings is 1. The van der Waals surface area contributed by atoms with Crippen molar-refractivity contribution in [1.29, 1.82) is 0 Å². The lowest BCUT2D eigenvalue weighted by Gasteiger charge is -2.31. The van der Waals surface area contributed by atoms with Gasteiger partial charge in [0, 0.05) is 32.4 Å². The molecule has 124 valence electrons. The zero-order chi connectivity index (χ0) is 16.5. The molecule has 1 aliphatic rings. The van der Waals surface area contributed by atoms with Crippen LogP contribution in [0.5, 0.6) is 0 Å². The number of benzene rings is 1. The molecule has 0 bridgehead atoms. The standard InChI is InChI=1S/C17H19N5O2/c1-21-14(6-9-18-21)16(23)19-12-7-10-22(11-8-12)17-20-13-4-2-3-5-15(13)24-17/h2-6,9,12H,7-8,10-11H2,1H3,(H,19,23). The van der Waals surface area contributed by atoms with E-state index >= 15 is 0 Å². The summed E-state index contributed by atoms with van der Waals surface area (Å²) in [7, 11) is 1.77. The molecular weight excluding hydrogens is 306 g/mol. The normalized spacial score (nSPS) is 15.8. The van der Waals surface area contributed by atoms with Crippen molar-refractivity contribution in [3.63, 3.8) is 0 Å². The smallest absolute Gasteiger partial charge is 0.298 e. The monoisotopic (exact) mass is 325 g/mol. The Morgan fingerprint density at radius 1 is 1.25 bits per heavy atom. The molecule has 2 aromatic heterocycles. The van der Waals surface area contributed by atoms with Gasteiger partial charge in [-0.15, -0.1) is 0 Å². The van der Waals surface area contributed by atoms with E-state index < -0.39 is 0 Å². The second kappa shape index (κ2) is 5.99. The highest BCUT2D eigenvalue weighted by atomic mass is 16.4. The van der Waals surface area contributed by atoms with Crippen LogP contribution in [-0.2, 0) is 7.05 Å². The van der Waals surface area contributed by atoms with Crippen molar-refractivity contribution in [2.45, 2.75) is 18.9 Å². The van der Waals surface area contributed by atoms with Crippen molar-refractivity contribution in [2.75, 3.05) is 18.0 Å². The third kappa shape index (κ3) is 2.73. The van der Waals surface area contributed by atoms with Gasteiger partial charge in [-0.3, -0.25) is 9.48 Å². The van der Waals surface area contributed by atoms with E-state index in [-0.39, 0.29) is 11.9 Å². The molecule has 1 N–H and O–H groups in total. The molecule has 3 aromatic rings. The van der Waals surface area contributed by atoms with Crippen LogP contribution in [0.25, 0.3) is 11.1 Å². The first-order valence-corrected chi connectivity index (χ1v) is 8.10. The fraction of sp³-hybridized carbons (Fsp3) is 0.353. The maximum absolute atomic E-state index is 12.2. The van der Waals surface area contributed by atoms with Gasteiger partial charge in [-0.1, -0.05) is 12.1 Å². The van der Waals surface area contributed by atoms with E-state index in [0.717, 1.165) is 37.0 Å². The van der Waals surface area contributed by atoms with E-state index in [0.29, 0.717) is 11.7 Å². The molecule has 1 amide bonds. The SMILES string of the molecule is Cn1nccc1C(=O)NC1CCN(c2nc3ccccc3o2)CC1. The van der Waals surface area contributed by atoms with Gasteiger partial charge in [0.2, 0.25) is 0 Å². The van der Waals surface area contributed by atoms with Crippen LogP contribution in [0, 0.1) is 0 Å². The van der Waals surface area contributed by atoms with E-state index in [1.807, 2.05) is 24.3 Å². The summed E-state index contributed by atoms with van der Waals surface area (Å²) >= 11 is 0. The number of anilines is 1. The fourth-order valence-corrected chi connectivity index (χ4v) is 3.07. The predicted molar refractivity (Wildman–Crippen MR) is 89.9 cm³/mol. The zero-order valence-electron chi connectivity index (χ0n) is 13.5. The molecule has 0 atom stereocenters. The summed E-state index contributed by atoms with van der Waals surface area (Å²) in [6.45, 7) is 1.62. The zero-order valence-corrected chi connectivity index (χ0v) is 13.5. The van der Waals surface area contributed by atoms with Crippen LogP contribution < -0.4 is 10.2 Å². The molecule has 7 heteroatoms. The summed E-state index contributed by atoms with van der Waals surface area (Å²) in [6.07, 6.45) is 3.36. The number of fused-ring (bicyclic) bond motifs is 1. The van der Waals surface area contributed by atoms with Crippen molar-refractivity contribution in [1.82, 2.24) is 20.1 Å². The summed E-state index contributed by atoms with van der Waals surface area (Å²) in [6, 6.07) is 10.3. The molecule has 0 spiro atoms. The first-order valence-electron chi connectivity index (χ1n) is 8.10. The number of aromatic nitrogens is 3. The van der Waals surface area contributed by atoms with Crippen LogP contribution in [0.4, 0.5) is 6.01 Å². The van der Waals surface area contributed by atoms with Gasteiger partial charge in [-0.25, -0.2) is 0 Å². The molecule has 7 nitrogen and oxygen atoms in total. The summed E-state index contributed by atoms with van der Waals surface area (Å²) < 4.78 is 7.40. The Hall–Kier alpha value is -2.83. The molecule has 4 rings (SSSR count). The average Bonchev–Trinajstić information content (AvgIpc) is 3.21. The van der Waals surface area contributed by atoms with E-state index in [1.165, 1.54) is 0 Å². The van der Waals surface area contributed by atoms with Crippen molar-refractivity contribution in [3.05, 3.63) is 42.2 Å². The van der Waals surface area contributed by atoms with Gasteiger partial charge >= 0.3 is 0 Å². The number of amides is 1. The number of hydrogen-bond donors (Lipinski definition) is 1. The lowest BCUT2D eigenvalue weighted by molar-refractivity contribution is 0.0921. The second-order valence-electron chi connectivity index (χ2n) is 6.04. The van der Waals surface area contributed by atoms with E-state index in [2.05, 4.69) is 20.3 Å². The molecule has 1 aromatic carbocycles. The number of rotatable bonds is 3. The van der Waals surface area contributed by atoms with Gasteiger partial charge in [-0.2, -0.15) is 10.1 Å². The Labute approximate surface area is 139 Å². The minimum Gasteiger partial charge on any atom is -0.423 e. The van der Waals surface area contributed by atoms with Crippen molar-refractivity contribution >= 4 is 23.0 Å². The molecule has 24 heavy (non-hydrogen) atoms. The Kier molecular flexibility index (Phi) is 3.68. The quantitative estimate of drug-likeness (QED) is 0.796. The predicted octanol–water partition coefficient (Wildman–Crippen LogP) is 1.96. The van der Waals surface area contributed by atoms with Gasteiger partial charge in [0.1, 0.15) is 11.2 Å². The first-order chi connectivity index (χ1) is 11.7. The largest absolute Gasteiger partial charge is 0.423 e. The van der Waals surface area contributed by atoms with Gasteiger partial charge in [0.25, 0.3) is 11.9 Å². The lowest BCUT2D eigenvalue weighted by Crippen LogP contribution is -2.45. The van der Waals surface area contributed by atoms with Gasteiger partial charge in [0.05, 0.1) is 0 Å². The molecule has 1 saturated heterocycles. The first kappa shape index (κ1) is 14.7. The molecule has 1 fully saturated rings. The number of nitrogens with one attached hydrogen (secondary N) is 1. The van der Waals surface area contributed by atoms with Gasteiger partial charge in [0.15, 0.2) is 5.58 Å². The highest BCUT2D eigenvalue weighted by Gasteiger charge is 2.24. The van der Waals surface area contributed by atoms with Crippen molar-refractivity contribution in [2.24, 2.45) is 7.05 Å². The lowest BCUT2D eigenvalue weighted by atomic mass is 10.1. The average molecular weight is 325 g/mol. The number of nitrogens with zero attached hydrogens (tertiary/aromatic N) is 4. The maximum Gasteiger partial charge on any atom is 0.298 e. The summed E-state index contributed by atoms with van der Waals surface area (Å²) in [5.74, 6) is -0.0738. The van der Waals surface area contributed by atoms with Crippen LogP contribution >= 0.6 is 0 Å². The topological polar surface area (TPSA) is 76.2 Å². The number of piperidine rings is 1. The van der Waals surface area contributed by atoms with Crippen LogP contribution in [0.3, 0.4) is 0 Å². The highest BCUT2D eigenvalue weighted by molar-refractivity contribution is 5.92. The number of hydrogen-bond acceptors (Lipinski definition) is 5.